The van der Waals surface area contributed by atoms with Crippen LogP contribution in [0.4, 0.5) is 5.69 Å². The summed E-state index contributed by atoms with van der Waals surface area (Å²) >= 11 is 3.52. The van der Waals surface area contributed by atoms with Gasteiger partial charge in [-0.1, -0.05) is 15.9 Å². The molecule has 0 radical (unpaired) electrons. The first-order valence-electron chi connectivity index (χ1n) is 8.00. The fourth-order valence-electron chi connectivity index (χ4n) is 3.35. The fourth-order valence-corrected chi connectivity index (χ4v) is 3.71. The highest BCUT2D eigenvalue weighted by atomic mass is 79.9. The summed E-state index contributed by atoms with van der Waals surface area (Å²) < 4.78 is 1.00. The molecule has 1 N–H and O–H groups in total. The van der Waals surface area contributed by atoms with Crippen LogP contribution < -0.4 is 5.32 Å². The quantitative estimate of drug-likeness (QED) is 0.878. The molecule has 0 unspecified atom stereocenters. The van der Waals surface area contributed by atoms with Crippen molar-refractivity contribution in [3.05, 3.63) is 34.4 Å². The van der Waals surface area contributed by atoms with Gasteiger partial charge in [-0.3, -0.25) is 4.98 Å². The maximum atomic E-state index is 9.44. The number of hydrogen-bond acceptors (Lipinski definition) is 4. The van der Waals surface area contributed by atoms with Gasteiger partial charge in [-0.05, 0) is 58.0 Å². The molecule has 5 heteroatoms. The van der Waals surface area contributed by atoms with Crippen molar-refractivity contribution in [2.24, 2.45) is 0 Å². The third kappa shape index (κ3) is 3.49. The molecule has 23 heavy (non-hydrogen) atoms. The van der Waals surface area contributed by atoms with E-state index < -0.39 is 0 Å². The van der Waals surface area contributed by atoms with Gasteiger partial charge in [-0.15, -0.1) is 0 Å². The predicted octanol–water partition coefficient (Wildman–Crippen LogP) is 4.15. The number of nitrogens with zero attached hydrogens (tertiary/aromatic N) is 3. The molecule has 1 aromatic heterocycles. The van der Waals surface area contributed by atoms with E-state index in [-0.39, 0.29) is 0 Å². The van der Waals surface area contributed by atoms with Crippen molar-refractivity contribution in [2.75, 3.05) is 19.4 Å². The number of nitriles is 1. The summed E-state index contributed by atoms with van der Waals surface area (Å²) in [6.45, 7) is 0. The molecule has 4 nitrogen and oxygen atoms in total. The van der Waals surface area contributed by atoms with Crippen LogP contribution in [0, 0.1) is 11.3 Å². The van der Waals surface area contributed by atoms with E-state index in [1.807, 2.05) is 18.2 Å². The van der Waals surface area contributed by atoms with Crippen molar-refractivity contribution >= 4 is 32.5 Å². The van der Waals surface area contributed by atoms with E-state index in [2.05, 4.69) is 51.3 Å². The second kappa shape index (κ2) is 6.86. The number of halogens is 1. The lowest BCUT2D eigenvalue weighted by molar-refractivity contribution is 0.221. The Hall–Kier alpha value is -1.64. The first-order chi connectivity index (χ1) is 11.1. The second-order valence-corrected chi connectivity index (χ2v) is 7.35. The summed E-state index contributed by atoms with van der Waals surface area (Å²) in [5.74, 6) is 0. The number of benzene rings is 1. The number of aromatic nitrogens is 1. The smallest absolute Gasteiger partial charge is 0.103 e. The third-order valence-corrected chi connectivity index (χ3v) is 5.22. The van der Waals surface area contributed by atoms with Gasteiger partial charge >= 0.3 is 0 Å². The Morgan fingerprint density at radius 1 is 1.26 bits per heavy atom. The van der Waals surface area contributed by atoms with Crippen LogP contribution in [0.1, 0.15) is 31.2 Å². The van der Waals surface area contributed by atoms with Crippen molar-refractivity contribution in [1.29, 1.82) is 5.26 Å². The van der Waals surface area contributed by atoms with Gasteiger partial charge in [0.1, 0.15) is 6.07 Å². The molecule has 2 aromatic rings. The molecule has 0 aliphatic heterocycles. The Morgan fingerprint density at radius 2 is 2.00 bits per heavy atom. The van der Waals surface area contributed by atoms with Gasteiger partial charge in [0.2, 0.25) is 0 Å². The normalized spacial score (nSPS) is 21.3. The van der Waals surface area contributed by atoms with Crippen LogP contribution >= 0.6 is 15.9 Å². The van der Waals surface area contributed by atoms with E-state index in [4.69, 9.17) is 0 Å². The maximum absolute atomic E-state index is 9.44. The fraction of sp³-hybridized carbons (Fsp3) is 0.444. The van der Waals surface area contributed by atoms with E-state index in [0.29, 0.717) is 17.6 Å². The molecule has 0 bridgehead atoms. The summed E-state index contributed by atoms with van der Waals surface area (Å²) in [4.78, 5) is 6.71. The Labute approximate surface area is 145 Å². The van der Waals surface area contributed by atoms with Crippen LogP contribution in [0.5, 0.6) is 0 Å². The van der Waals surface area contributed by atoms with Gasteiger partial charge in [0.25, 0.3) is 0 Å². The lowest BCUT2D eigenvalue weighted by Gasteiger charge is -2.33. The zero-order chi connectivity index (χ0) is 16.4. The lowest BCUT2D eigenvalue weighted by atomic mass is 9.90. The minimum Gasteiger partial charge on any atom is -0.381 e. The van der Waals surface area contributed by atoms with Gasteiger partial charge in [-0.25, -0.2) is 0 Å². The Balaban J connectivity index is 1.88. The van der Waals surface area contributed by atoms with Crippen LogP contribution in [0.25, 0.3) is 10.9 Å². The molecule has 0 spiro atoms. The number of pyridine rings is 1. The Bertz CT molecular complexity index is 743. The van der Waals surface area contributed by atoms with Crippen LogP contribution in [0.2, 0.25) is 0 Å². The van der Waals surface area contributed by atoms with Crippen LogP contribution in [-0.2, 0) is 0 Å². The monoisotopic (exact) mass is 372 g/mol. The molecule has 3 rings (SSSR count). The van der Waals surface area contributed by atoms with E-state index in [9.17, 15) is 5.26 Å². The first kappa shape index (κ1) is 16.2. The average Bonchev–Trinajstić information content (AvgIpc) is 2.56. The predicted molar refractivity (Wildman–Crippen MR) is 97.5 cm³/mol. The van der Waals surface area contributed by atoms with Crippen LogP contribution in [0.15, 0.2) is 28.9 Å². The molecule has 1 heterocycles. The second-order valence-electron chi connectivity index (χ2n) is 6.43. The molecule has 1 aromatic carbocycles. The number of rotatable bonds is 3. The van der Waals surface area contributed by atoms with E-state index in [1.165, 1.54) is 12.8 Å². The summed E-state index contributed by atoms with van der Waals surface area (Å²) in [6, 6.07) is 9.37. The summed E-state index contributed by atoms with van der Waals surface area (Å²) in [5.41, 5.74) is 2.45. The van der Waals surface area contributed by atoms with E-state index in [0.717, 1.165) is 33.9 Å². The van der Waals surface area contributed by atoms with Crippen LogP contribution in [-0.4, -0.2) is 36.1 Å². The molecule has 1 aliphatic carbocycles. The number of nitrogens with one attached hydrogen (secondary N) is 1. The van der Waals surface area contributed by atoms with Crippen molar-refractivity contribution in [3.8, 4) is 6.07 Å². The van der Waals surface area contributed by atoms with Gasteiger partial charge in [0.15, 0.2) is 0 Å². The topological polar surface area (TPSA) is 52.0 Å². The van der Waals surface area contributed by atoms with Gasteiger partial charge in [-0.2, -0.15) is 5.26 Å². The van der Waals surface area contributed by atoms with Crippen LogP contribution in [0.3, 0.4) is 0 Å². The zero-order valence-corrected chi connectivity index (χ0v) is 15.1. The third-order valence-electron chi connectivity index (χ3n) is 4.73. The number of hydrogen-bond donors (Lipinski definition) is 1. The standard InChI is InChI=1S/C18H21BrN4/c1-23(2)15-6-4-14(5-7-15)22-18-12(10-20)11-21-17-8-3-13(19)9-16(17)18/h3,8-9,11,14-15H,4-7H2,1-2H3,(H,21,22). The van der Waals surface area contributed by atoms with Gasteiger partial charge in [0.05, 0.1) is 16.8 Å². The highest BCUT2D eigenvalue weighted by molar-refractivity contribution is 9.10. The van der Waals surface area contributed by atoms with E-state index in [1.54, 1.807) is 6.20 Å². The average molecular weight is 373 g/mol. The molecule has 1 saturated carbocycles. The maximum Gasteiger partial charge on any atom is 0.103 e. The van der Waals surface area contributed by atoms with Crippen molar-refractivity contribution < 1.29 is 0 Å². The molecule has 1 fully saturated rings. The zero-order valence-electron chi connectivity index (χ0n) is 13.5. The van der Waals surface area contributed by atoms with Crippen molar-refractivity contribution in [1.82, 2.24) is 9.88 Å². The summed E-state index contributed by atoms with van der Waals surface area (Å²) in [5, 5.41) is 14.1. The molecule has 1 aliphatic rings. The first-order valence-corrected chi connectivity index (χ1v) is 8.79. The van der Waals surface area contributed by atoms with Crippen molar-refractivity contribution in [2.45, 2.75) is 37.8 Å². The highest BCUT2D eigenvalue weighted by Gasteiger charge is 2.23. The van der Waals surface area contributed by atoms with Gasteiger partial charge < -0.3 is 10.2 Å². The molecule has 0 atom stereocenters. The Morgan fingerprint density at radius 3 is 2.65 bits per heavy atom. The summed E-state index contributed by atoms with van der Waals surface area (Å²) in [7, 11) is 4.31. The Kier molecular flexibility index (Phi) is 4.84. The van der Waals surface area contributed by atoms with Gasteiger partial charge in [0, 0.05) is 28.1 Å². The number of anilines is 1. The molecular weight excluding hydrogens is 352 g/mol. The SMILES string of the molecule is CN(C)C1CCC(Nc2c(C#N)cnc3ccc(Br)cc23)CC1. The summed E-state index contributed by atoms with van der Waals surface area (Å²) in [6.07, 6.45) is 6.32. The number of fused-ring (bicyclic) bond motifs is 1. The molecule has 120 valence electrons. The molecule has 0 saturated heterocycles. The largest absolute Gasteiger partial charge is 0.381 e. The molecular formula is C18H21BrN4. The minimum atomic E-state index is 0.419. The minimum absolute atomic E-state index is 0.419. The molecule has 0 amide bonds. The lowest BCUT2D eigenvalue weighted by Crippen LogP contribution is -2.36. The highest BCUT2D eigenvalue weighted by Crippen LogP contribution is 2.31. The van der Waals surface area contributed by atoms with E-state index >= 15 is 0 Å². The van der Waals surface area contributed by atoms with Crippen molar-refractivity contribution in [3.63, 3.8) is 0 Å².